The van der Waals surface area contributed by atoms with Crippen LogP contribution in [0.1, 0.15) is 28.1 Å². The van der Waals surface area contributed by atoms with Crippen LogP contribution in [-0.2, 0) is 4.79 Å². The van der Waals surface area contributed by atoms with Crippen LogP contribution in [0.4, 0.5) is 0 Å². The van der Waals surface area contributed by atoms with E-state index in [4.69, 9.17) is 8.83 Å². The molecule has 1 atom stereocenters. The molecule has 2 N–H and O–H groups in total. The molecular weight excluding hydrogens is 324 g/mol. The molecule has 1 amide bonds. The Morgan fingerprint density at radius 1 is 1.32 bits per heavy atom. The lowest BCUT2D eigenvalue weighted by atomic mass is 10.00. The SMILES string of the molecule is Cc1ccc(C2C(C(=O)c3ccco3)=C(O)C(=O)N2CC[NH+](C)C)o1. The number of carbonyl (C=O) groups is 2. The molecule has 7 nitrogen and oxygen atoms in total. The van der Waals surface area contributed by atoms with Crippen molar-refractivity contribution < 1.29 is 28.4 Å². The first-order chi connectivity index (χ1) is 11.9. The number of aliphatic hydroxyl groups excluding tert-OH is 1. The third-order valence-corrected chi connectivity index (χ3v) is 4.18. The average Bonchev–Trinajstić information content (AvgIpc) is 3.27. The highest BCUT2D eigenvalue weighted by Gasteiger charge is 2.46. The van der Waals surface area contributed by atoms with Gasteiger partial charge in [0, 0.05) is 0 Å². The molecule has 0 fully saturated rings. The predicted octanol–water partition coefficient (Wildman–Crippen LogP) is 0.904. The first kappa shape index (κ1) is 17.0. The molecule has 0 spiro atoms. The van der Waals surface area contributed by atoms with E-state index in [2.05, 4.69) is 0 Å². The topological polar surface area (TPSA) is 88.3 Å². The van der Waals surface area contributed by atoms with Crippen LogP contribution in [0.2, 0.25) is 0 Å². The highest BCUT2D eigenvalue weighted by Crippen LogP contribution is 2.39. The van der Waals surface area contributed by atoms with Gasteiger partial charge in [-0.05, 0) is 31.2 Å². The highest BCUT2D eigenvalue weighted by atomic mass is 16.3. The lowest BCUT2D eigenvalue weighted by Gasteiger charge is -2.25. The van der Waals surface area contributed by atoms with Crippen molar-refractivity contribution in [2.75, 3.05) is 27.2 Å². The Balaban J connectivity index is 2.03. The van der Waals surface area contributed by atoms with Gasteiger partial charge in [0.2, 0.25) is 5.78 Å². The number of aliphatic hydroxyl groups is 1. The zero-order valence-corrected chi connectivity index (χ0v) is 14.4. The number of aryl methyl sites for hydroxylation is 1. The summed E-state index contributed by atoms with van der Waals surface area (Å²) in [5, 5.41) is 10.4. The smallest absolute Gasteiger partial charge is 0.290 e. The van der Waals surface area contributed by atoms with E-state index in [0.717, 1.165) is 4.90 Å². The number of rotatable bonds is 6. The van der Waals surface area contributed by atoms with E-state index in [-0.39, 0.29) is 11.3 Å². The Morgan fingerprint density at radius 3 is 2.64 bits per heavy atom. The van der Waals surface area contributed by atoms with Crippen LogP contribution < -0.4 is 4.90 Å². The molecule has 0 radical (unpaired) electrons. The van der Waals surface area contributed by atoms with E-state index < -0.39 is 23.5 Å². The van der Waals surface area contributed by atoms with Gasteiger partial charge in [-0.2, -0.15) is 0 Å². The highest BCUT2D eigenvalue weighted by molar-refractivity contribution is 6.14. The summed E-state index contributed by atoms with van der Waals surface area (Å²) in [7, 11) is 3.93. The van der Waals surface area contributed by atoms with Crippen molar-refractivity contribution in [3.63, 3.8) is 0 Å². The van der Waals surface area contributed by atoms with E-state index >= 15 is 0 Å². The van der Waals surface area contributed by atoms with Crippen molar-refractivity contribution in [1.29, 1.82) is 0 Å². The van der Waals surface area contributed by atoms with Crippen molar-refractivity contribution in [3.8, 4) is 0 Å². The first-order valence-corrected chi connectivity index (χ1v) is 8.07. The lowest BCUT2D eigenvalue weighted by molar-refractivity contribution is -0.857. The summed E-state index contributed by atoms with van der Waals surface area (Å²) in [6.45, 7) is 2.83. The van der Waals surface area contributed by atoms with Crippen LogP contribution in [0.5, 0.6) is 0 Å². The number of furan rings is 2. The predicted molar refractivity (Wildman–Crippen MR) is 88.3 cm³/mol. The van der Waals surface area contributed by atoms with Gasteiger partial charge in [-0.3, -0.25) is 9.59 Å². The summed E-state index contributed by atoms with van der Waals surface area (Å²) >= 11 is 0. The van der Waals surface area contributed by atoms with E-state index in [0.29, 0.717) is 24.6 Å². The summed E-state index contributed by atoms with van der Waals surface area (Å²) in [4.78, 5) is 28.0. The lowest BCUT2D eigenvalue weighted by Crippen LogP contribution is -3.06. The molecular formula is C18H21N2O5+. The van der Waals surface area contributed by atoms with Gasteiger partial charge < -0.3 is 23.7 Å². The molecule has 1 aliphatic rings. The van der Waals surface area contributed by atoms with Crippen molar-refractivity contribution in [1.82, 2.24) is 4.90 Å². The van der Waals surface area contributed by atoms with Gasteiger partial charge in [0.1, 0.15) is 17.6 Å². The van der Waals surface area contributed by atoms with E-state index in [1.54, 1.807) is 25.1 Å². The standard InChI is InChI=1S/C18H20N2O5/c1-11-6-7-12(25-11)15-14(16(21)13-5-4-10-24-13)17(22)18(23)20(15)9-8-19(2)3/h4-7,10,15,22H,8-9H2,1-3H3/p+1. The number of ketones is 1. The van der Waals surface area contributed by atoms with Crippen LogP contribution in [0, 0.1) is 6.92 Å². The van der Waals surface area contributed by atoms with Gasteiger partial charge in [-0.1, -0.05) is 0 Å². The number of likely N-dealkylation sites (N-methyl/N-ethyl adjacent to an activating group) is 1. The van der Waals surface area contributed by atoms with Crippen LogP contribution in [0.15, 0.2) is 50.7 Å². The zero-order valence-electron chi connectivity index (χ0n) is 14.4. The third kappa shape index (κ3) is 3.10. The minimum absolute atomic E-state index is 0.0111. The van der Waals surface area contributed by atoms with Gasteiger partial charge in [-0.25, -0.2) is 0 Å². The number of carbonyl (C=O) groups excluding carboxylic acids is 2. The fourth-order valence-corrected chi connectivity index (χ4v) is 2.90. The molecule has 0 saturated heterocycles. The van der Waals surface area contributed by atoms with Crippen molar-refractivity contribution in [2.45, 2.75) is 13.0 Å². The Labute approximate surface area is 145 Å². The largest absolute Gasteiger partial charge is 0.503 e. The molecule has 0 aromatic carbocycles. The molecule has 0 bridgehead atoms. The number of nitrogens with zero attached hydrogens (tertiary/aromatic N) is 1. The van der Waals surface area contributed by atoms with Crippen LogP contribution in [0.3, 0.4) is 0 Å². The fourth-order valence-electron chi connectivity index (χ4n) is 2.90. The molecule has 0 aliphatic carbocycles. The monoisotopic (exact) mass is 345 g/mol. The Hall–Kier alpha value is -2.80. The second kappa shape index (κ2) is 6.60. The number of amides is 1. The summed E-state index contributed by atoms with van der Waals surface area (Å²) in [6.07, 6.45) is 1.38. The minimum atomic E-state index is -0.766. The first-order valence-electron chi connectivity index (χ1n) is 8.07. The summed E-state index contributed by atoms with van der Waals surface area (Å²) < 4.78 is 10.8. The van der Waals surface area contributed by atoms with Gasteiger partial charge in [-0.15, -0.1) is 0 Å². The maximum atomic E-state index is 12.8. The van der Waals surface area contributed by atoms with Crippen LogP contribution in [0.25, 0.3) is 0 Å². The maximum Gasteiger partial charge on any atom is 0.290 e. The second-order valence-corrected chi connectivity index (χ2v) is 6.38. The number of nitrogens with one attached hydrogen (secondary N) is 1. The second-order valence-electron chi connectivity index (χ2n) is 6.38. The average molecular weight is 345 g/mol. The van der Waals surface area contributed by atoms with E-state index in [1.165, 1.54) is 17.2 Å². The maximum absolute atomic E-state index is 12.8. The van der Waals surface area contributed by atoms with Gasteiger partial charge in [0.15, 0.2) is 11.5 Å². The van der Waals surface area contributed by atoms with E-state index in [1.807, 2.05) is 14.1 Å². The molecule has 1 unspecified atom stereocenters. The quantitative estimate of drug-likeness (QED) is 0.760. The van der Waals surface area contributed by atoms with Gasteiger partial charge >= 0.3 is 0 Å². The minimum Gasteiger partial charge on any atom is -0.503 e. The molecule has 0 saturated carbocycles. The zero-order chi connectivity index (χ0) is 18.1. The fraction of sp³-hybridized carbons (Fsp3) is 0.333. The van der Waals surface area contributed by atoms with Crippen LogP contribution in [-0.4, -0.2) is 48.9 Å². The Bertz CT molecular complexity index is 816. The van der Waals surface area contributed by atoms with Gasteiger partial charge in [0.05, 0.1) is 39.0 Å². The number of Topliss-reactive ketones (excluding diaryl/α,β-unsaturated/α-hetero) is 1. The molecule has 3 heterocycles. The number of quaternary nitrogens is 1. The summed E-state index contributed by atoms with van der Waals surface area (Å²) in [6, 6.07) is 5.81. The Kier molecular flexibility index (Phi) is 4.50. The summed E-state index contributed by atoms with van der Waals surface area (Å²) in [5.41, 5.74) is -0.0111. The van der Waals surface area contributed by atoms with Crippen LogP contribution >= 0.6 is 0 Å². The van der Waals surface area contributed by atoms with Crippen molar-refractivity contribution >= 4 is 11.7 Å². The third-order valence-electron chi connectivity index (χ3n) is 4.18. The van der Waals surface area contributed by atoms with E-state index in [9.17, 15) is 14.7 Å². The number of hydrogen-bond acceptors (Lipinski definition) is 5. The molecule has 25 heavy (non-hydrogen) atoms. The molecule has 2 aromatic rings. The Morgan fingerprint density at radius 2 is 2.08 bits per heavy atom. The normalized spacial score (nSPS) is 17.8. The number of hydrogen-bond donors (Lipinski definition) is 2. The summed E-state index contributed by atoms with van der Waals surface area (Å²) in [5.74, 6) is -0.461. The molecule has 132 valence electrons. The molecule has 7 heteroatoms. The molecule has 3 rings (SSSR count). The van der Waals surface area contributed by atoms with Crippen molar-refractivity contribution in [2.24, 2.45) is 0 Å². The molecule has 1 aliphatic heterocycles. The molecule has 2 aromatic heterocycles. The van der Waals surface area contributed by atoms with Gasteiger partial charge in [0.25, 0.3) is 5.91 Å². The van der Waals surface area contributed by atoms with Crippen molar-refractivity contribution in [3.05, 3.63) is 59.1 Å².